The van der Waals surface area contributed by atoms with Gasteiger partial charge >= 0.3 is 0 Å². The van der Waals surface area contributed by atoms with Crippen molar-refractivity contribution in [1.82, 2.24) is 20.9 Å². The molecule has 3 N–H and O–H groups in total. The van der Waals surface area contributed by atoms with Gasteiger partial charge in [-0.15, -0.1) is 0 Å². The highest BCUT2D eigenvalue weighted by Crippen LogP contribution is 2.12. The van der Waals surface area contributed by atoms with Crippen molar-refractivity contribution >= 4 is 29.5 Å². The van der Waals surface area contributed by atoms with E-state index in [4.69, 9.17) is 0 Å². The fourth-order valence-electron chi connectivity index (χ4n) is 2.48. The molecule has 0 bridgehead atoms. The minimum atomic E-state index is -0.874. The molecule has 3 unspecified atom stereocenters. The van der Waals surface area contributed by atoms with Crippen LogP contribution in [0.2, 0.25) is 0 Å². The zero-order chi connectivity index (χ0) is 21.6. The molecule has 0 saturated heterocycles. The molecule has 0 radical (unpaired) electrons. The van der Waals surface area contributed by atoms with E-state index in [2.05, 4.69) is 16.0 Å². The van der Waals surface area contributed by atoms with E-state index >= 15 is 0 Å². The summed E-state index contributed by atoms with van der Waals surface area (Å²) in [5, 5.41) is 7.82. The van der Waals surface area contributed by atoms with Gasteiger partial charge in [-0.05, 0) is 26.2 Å². The number of hydrogen-bond acceptors (Lipinski definition) is 5. The Morgan fingerprint density at radius 3 is 1.93 bits per heavy atom. The molecule has 156 valence electrons. The maximum absolute atomic E-state index is 12.2. The average molecular weight is 394 g/mol. The summed E-state index contributed by atoms with van der Waals surface area (Å²) in [6.45, 7) is 11.0. The van der Waals surface area contributed by atoms with Crippen LogP contribution in [-0.2, 0) is 24.0 Å². The summed E-state index contributed by atoms with van der Waals surface area (Å²) in [6.07, 6.45) is 2.18. The van der Waals surface area contributed by atoms with Crippen LogP contribution in [0.3, 0.4) is 0 Å². The normalized spacial score (nSPS) is 17.1. The zero-order valence-corrected chi connectivity index (χ0v) is 17.3. The largest absolute Gasteiger partial charge is 0.354 e. The van der Waals surface area contributed by atoms with Crippen molar-refractivity contribution in [1.29, 1.82) is 0 Å². The molecule has 1 aliphatic heterocycles. The lowest BCUT2D eigenvalue weighted by Crippen LogP contribution is -2.52. The fraction of sp³-hybridized carbons (Fsp3) is 0.632. The first-order valence-electron chi connectivity index (χ1n) is 9.24. The summed E-state index contributed by atoms with van der Waals surface area (Å²) in [6, 6.07) is -2.26. The minimum Gasteiger partial charge on any atom is -0.354 e. The Hall–Kier alpha value is -2.71. The molecular weight excluding hydrogens is 364 g/mol. The van der Waals surface area contributed by atoms with Gasteiger partial charge in [0.25, 0.3) is 11.8 Å². The molecule has 9 nitrogen and oxygen atoms in total. The average Bonchev–Trinajstić information content (AvgIpc) is 2.90. The predicted molar refractivity (Wildman–Crippen MR) is 103 cm³/mol. The van der Waals surface area contributed by atoms with Gasteiger partial charge in [0.05, 0.1) is 0 Å². The third kappa shape index (κ3) is 7.13. The van der Waals surface area contributed by atoms with Gasteiger partial charge in [0.2, 0.25) is 17.7 Å². The van der Waals surface area contributed by atoms with Crippen molar-refractivity contribution in [3.05, 3.63) is 12.2 Å². The van der Waals surface area contributed by atoms with Crippen molar-refractivity contribution in [2.24, 2.45) is 5.41 Å². The summed E-state index contributed by atoms with van der Waals surface area (Å²) in [5.41, 5.74) is -0.0784. The van der Waals surface area contributed by atoms with Crippen molar-refractivity contribution in [3.8, 4) is 0 Å². The van der Waals surface area contributed by atoms with Crippen molar-refractivity contribution < 1.29 is 24.0 Å². The molecule has 0 aromatic carbocycles. The Balaban J connectivity index is 2.46. The van der Waals surface area contributed by atoms with E-state index in [-0.39, 0.29) is 17.7 Å². The van der Waals surface area contributed by atoms with Crippen molar-refractivity contribution in [3.63, 3.8) is 0 Å². The molecule has 0 spiro atoms. The molecule has 1 aliphatic rings. The first-order chi connectivity index (χ1) is 12.8. The number of hydrogen-bond donors (Lipinski definition) is 3. The molecule has 0 aliphatic carbocycles. The topological polar surface area (TPSA) is 125 Å². The van der Waals surface area contributed by atoms with Crippen LogP contribution in [-0.4, -0.2) is 59.1 Å². The highest BCUT2D eigenvalue weighted by molar-refractivity contribution is 6.13. The predicted octanol–water partition coefficient (Wildman–Crippen LogP) is -0.138. The van der Waals surface area contributed by atoms with Gasteiger partial charge in [0, 0.05) is 31.2 Å². The zero-order valence-electron chi connectivity index (χ0n) is 17.3. The number of amides is 5. The van der Waals surface area contributed by atoms with Crippen LogP contribution < -0.4 is 16.0 Å². The molecule has 9 heteroatoms. The maximum Gasteiger partial charge on any atom is 0.253 e. The Morgan fingerprint density at radius 1 is 0.929 bits per heavy atom. The van der Waals surface area contributed by atoms with E-state index in [1.54, 1.807) is 13.8 Å². The highest BCUT2D eigenvalue weighted by Gasteiger charge is 2.30. The number of rotatable bonds is 8. The Bertz CT molecular complexity index is 662. The number of nitrogens with zero attached hydrogens (tertiary/aromatic N) is 1. The van der Waals surface area contributed by atoms with E-state index < -0.39 is 41.8 Å². The van der Waals surface area contributed by atoms with E-state index in [1.807, 2.05) is 20.8 Å². The third-order valence-electron chi connectivity index (χ3n) is 4.08. The SMILES string of the molecule is CC(NC(=O)CC(C)N1C(=O)C=CC1=O)C(=O)NC(C)C(=O)NCC(C)(C)C. The highest BCUT2D eigenvalue weighted by atomic mass is 16.2. The van der Waals surface area contributed by atoms with Gasteiger partial charge in [-0.25, -0.2) is 0 Å². The molecule has 3 atom stereocenters. The van der Waals surface area contributed by atoms with Crippen LogP contribution in [0.15, 0.2) is 12.2 Å². The van der Waals surface area contributed by atoms with Gasteiger partial charge in [0.1, 0.15) is 12.1 Å². The van der Waals surface area contributed by atoms with Crippen LogP contribution in [0.25, 0.3) is 0 Å². The van der Waals surface area contributed by atoms with E-state index in [1.165, 1.54) is 6.92 Å². The second-order valence-corrected chi connectivity index (χ2v) is 8.23. The summed E-state index contributed by atoms with van der Waals surface area (Å²) in [5.74, 6) is -2.23. The lowest BCUT2D eigenvalue weighted by molar-refractivity contribution is -0.140. The quantitative estimate of drug-likeness (QED) is 0.494. The number of carbonyl (C=O) groups is 5. The van der Waals surface area contributed by atoms with Gasteiger partial charge in [-0.1, -0.05) is 20.8 Å². The Labute approximate surface area is 165 Å². The summed E-state index contributed by atoms with van der Waals surface area (Å²) >= 11 is 0. The molecule has 1 rings (SSSR count). The first-order valence-corrected chi connectivity index (χ1v) is 9.24. The lowest BCUT2D eigenvalue weighted by Gasteiger charge is -2.24. The summed E-state index contributed by atoms with van der Waals surface area (Å²) in [4.78, 5) is 60.6. The van der Waals surface area contributed by atoms with Gasteiger partial charge in [-0.3, -0.25) is 28.9 Å². The van der Waals surface area contributed by atoms with Crippen LogP contribution >= 0.6 is 0 Å². The van der Waals surface area contributed by atoms with Gasteiger partial charge < -0.3 is 16.0 Å². The van der Waals surface area contributed by atoms with E-state index in [0.717, 1.165) is 17.1 Å². The van der Waals surface area contributed by atoms with Crippen LogP contribution in [0.4, 0.5) is 0 Å². The van der Waals surface area contributed by atoms with Crippen molar-refractivity contribution in [2.75, 3.05) is 6.54 Å². The van der Waals surface area contributed by atoms with E-state index in [9.17, 15) is 24.0 Å². The molecule has 28 heavy (non-hydrogen) atoms. The van der Waals surface area contributed by atoms with Crippen LogP contribution in [0.5, 0.6) is 0 Å². The maximum atomic E-state index is 12.2. The van der Waals surface area contributed by atoms with Crippen LogP contribution in [0, 0.1) is 5.41 Å². The van der Waals surface area contributed by atoms with E-state index in [0.29, 0.717) is 6.54 Å². The standard InChI is InChI=1S/C19H30N4O5/c1-11(23-15(25)7-8-16(23)26)9-14(24)21-13(3)18(28)22-12(2)17(27)20-10-19(4,5)6/h7-8,11-13H,9-10H2,1-6H3,(H,20,27)(H,21,24)(H,22,28). The van der Waals surface area contributed by atoms with Crippen LogP contribution in [0.1, 0.15) is 48.0 Å². The molecule has 1 heterocycles. The second kappa shape index (κ2) is 9.48. The first kappa shape index (κ1) is 23.3. The minimum absolute atomic E-state index is 0.0784. The van der Waals surface area contributed by atoms with Crippen molar-refractivity contribution in [2.45, 2.75) is 66.1 Å². The molecule has 0 saturated carbocycles. The number of nitrogens with one attached hydrogen (secondary N) is 3. The summed E-state index contributed by atoms with van der Waals surface area (Å²) in [7, 11) is 0. The Morgan fingerprint density at radius 2 is 1.43 bits per heavy atom. The van der Waals surface area contributed by atoms with Gasteiger partial charge in [0.15, 0.2) is 0 Å². The monoisotopic (exact) mass is 394 g/mol. The molecular formula is C19H30N4O5. The Kier molecular flexibility index (Phi) is 7.89. The number of imide groups is 1. The molecule has 0 aromatic rings. The summed E-state index contributed by atoms with van der Waals surface area (Å²) < 4.78 is 0. The van der Waals surface area contributed by atoms with Gasteiger partial charge in [-0.2, -0.15) is 0 Å². The number of carbonyl (C=O) groups excluding carboxylic acids is 5. The lowest BCUT2D eigenvalue weighted by atomic mass is 9.97. The smallest absolute Gasteiger partial charge is 0.253 e. The fourth-order valence-corrected chi connectivity index (χ4v) is 2.48. The third-order valence-corrected chi connectivity index (χ3v) is 4.08. The molecule has 0 fully saturated rings. The molecule has 5 amide bonds. The second-order valence-electron chi connectivity index (χ2n) is 8.23. The molecule has 0 aromatic heterocycles.